The van der Waals surface area contributed by atoms with Gasteiger partial charge in [-0.2, -0.15) is 0 Å². The van der Waals surface area contributed by atoms with Crippen LogP contribution in [-0.2, 0) is 4.74 Å². The first kappa shape index (κ1) is 9.72. The van der Waals surface area contributed by atoms with Crippen molar-refractivity contribution in [3.63, 3.8) is 0 Å². The van der Waals surface area contributed by atoms with Crippen LogP contribution in [0, 0.1) is 0 Å². The van der Waals surface area contributed by atoms with Gasteiger partial charge in [0.15, 0.2) is 0 Å². The third-order valence-electron chi connectivity index (χ3n) is 2.97. The zero-order chi connectivity index (χ0) is 9.97. The van der Waals surface area contributed by atoms with Crippen molar-refractivity contribution in [2.75, 3.05) is 0 Å². The SMILES string of the molecule is C[C@@H]1CC(c2ccccc2)C[C@H](C)O1. The maximum absolute atomic E-state index is 5.74. The van der Waals surface area contributed by atoms with Crippen LogP contribution in [0.5, 0.6) is 0 Å². The predicted octanol–water partition coefficient (Wildman–Crippen LogP) is 3.36. The number of rotatable bonds is 1. The first-order valence-corrected chi connectivity index (χ1v) is 5.46. The van der Waals surface area contributed by atoms with E-state index in [1.165, 1.54) is 5.56 Å². The molecule has 1 aromatic rings. The van der Waals surface area contributed by atoms with E-state index in [1.807, 2.05) is 0 Å². The van der Waals surface area contributed by atoms with Crippen molar-refractivity contribution in [2.45, 2.75) is 44.8 Å². The molecule has 0 saturated carbocycles. The van der Waals surface area contributed by atoms with Gasteiger partial charge in [-0.05, 0) is 38.2 Å². The minimum atomic E-state index is 0.406. The van der Waals surface area contributed by atoms with Crippen molar-refractivity contribution in [2.24, 2.45) is 0 Å². The summed E-state index contributed by atoms with van der Waals surface area (Å²) in [5.41, 5.74) is 1.47. The molecule has 1 aromatic carbocycles. The van der Waals surface area contributed by atoms with E-state index in [0.717, 1.165) is 12.8 Å². The second kappa shape index (κ2) is 4.14. The Morgan fingerprint density at radius 2 is 1.57 bits per heavy atom. The van der Waals surface area contributed by atoms with Gasteiger partial charge in [-0.15, -0.1) is 0 Å². The molecule has 0 amide bonds. The van der Waals surface area contributed by atoms with E-state index in [9.17, 15) is 0 Å². The van der Waals surface area contributed by atoms with E-state index < -0.39 is 0 Å². The molecule has 1 nitrogen and oxygen atoms in total. The summed E-state index contributed by atoms with van der Waals surface area (Å²) in [6.07, 6.45) is 3.14. The number of hydrogen-bond donors (Lipinski definition) is 0. The molecule has 1 aliphatic rings. The minimum absolute atomic E-state index is 0.406. The highest BCUT2D eigenvalue weighted by atomic mass is 16.5. The second-order valence-corrected chi connectivity index (χ2v) is 4.34. The molecule has 1 heterocycles. The summed E-state index contributed by atoms with van der Waals surface area (Å²) < 4.78 is 5.74. The highest BCUT2D eigenvalue weighted by molar-refractivity contribution is 5.20. The predicted molar refractivity (Wildman–Crippen MR) is 58.4 cm³/mol. The van der Waals surface area contributed by atoms with Crippen LogP contribution in [-0.4, -0.2) is 12.2 Å². The van der Waals surface area contributed by atoms with Crippen molar-refractivity contribution in [1.29, 1.82) is 0 Å². The molecular weight excluding hydrogens is 172 g/mol. The highest BCUT2D eigenvalue weighted by Gasteiger charge is 2.25. The molecule has 3 atom stereocenters. The second-order valence-electron chi connectivity index (χ2n) is 4.34. The lowest BCUT2D eigenvalue weighted by atomic mass is 9.86. The molecule has 1 saturated heterocycles. The van der Waals surface area contributed by atoms with E-state index in [2.05, 4.69) is 44.2 Å². The van der Waals surface area contributed by atoms with Crippen LogP contribution in [0.1, 0.15) is 38.2 Å². The van der Waals surface area contributed by atoms with Gasteiger partial charge in [-0.25, -0.2) is 0 Å². The van der Waals surface area contributed by atoms with Gasteiger partial charge in [0, 0.05) is 0 Å². The largest absolute Gasteiger partial charge is 0.376 e. The van der Waals surface area contributed by atoms with Crippen LogP contribution >= 0.6 is 0 Å². The average Bonchev–Trinajstić information content (AvgIpc) is 2.18. The zero-order valence-corrected chi connectivity index (χ0v) is 8.94. The third-order valence-corrected chi connectivity index (χ3v) is 2.97. The lowest BCUT2D eigenvalue weighted by molar-refractivity contribution is -0.0380. The van der Waals surface area contributed by atoms with Gasteiger partial charge in [0.2, 0.25) is 0 Å². The Kier molecular flexibility index (Phi) is 2.87. The Bertz CT molecular complexity index is 271. The van der Waals surface area contributed by atoms with E-state index in [4.69, 9.17) is 4.74 Å². The molecule has 0 radical (unpaired) electrons. The summed E-state index contributed by atoms with van der Waals surface area (Å²) in [6.45, 7) is 4.34. The van der Waals surface area contributed by atoms with Gasteiger partial charge in [-0.1, -0.05) is 30.3 Å². The van der Waals surface area contributed by atoms with Crippen LogP contribution < -0.4 is 0 Å². The summed E-state index contributed by atoms with van der Waals surface area (Å²) in [7, 11) is 0. The molecule has 76 valence electrons. The Morgan fingerprint density at radius 1 is 1.00 bits per heavy atom. The summed E-state index contributed by atoms with van der Waals surface area (Å²) in [6, 6.07) is 10.8. The molecule has 1 fully saturated rings. The lowest BCUT2D eigenvalue weighted by Gasteiger charge is -2.32. The molecule has 2 rings (SSSR count). The molecule has 0 aromatic heterocycles. The van der Waals surface area contributed by atoms with Crippen LogP contribution in [0.25, 0.3) is 0 Å². The average molecular weight is 190 g/mol. The molecule has 0 N–H and O–H groups in total. The van der Waals surface area contributed by atoms with Crippen molar-refractivity contribution < 1.29 is 4.74 Å². The first-order chi connectivity index (χ1) is 6.75. The molecule has 1 aliphatic heterocycles. The maximum atomic E-state index is 5.74. The molecule has 1 unspecified atom stereocenters. The minimum Gasteiger partial charge on any atom is -0.376 e. The van der Waals surface area contributed by atoms with Crippen LogP contribution in [0.15, 0.2) is 30.3 Å². The van der Waals surface area contributed by atoms with Gasteiger partial charge in [0.05, 0.1) is 12.2 Å². The maximum Gasteiger partial charge on any atom is 0.0556 e. The van der Waals surface area contributed by atoms with E-state index >= 15 is 0 Å². The van der Waals surface area contributed by atoms with Crippen LogP contribution in [0.3, 0.4) is 0 Å². The van der Waals surface area contributed by atoms with Crippen molar-refractivity contribution >= 4 is 0 Å². The quantitative estimate of drug-likeness (QED) is 0.659. The summed E-state index contributed by atoms with van der Waals surface area (Å²) in [5, 5.41) is 0. The van der Waals surface area contributed by atoms with Gasteiger partial charge in [-0.3, -0.25) is 0 Å². The van der Waals surface area contributed by atoms with Gasteiger partial charge in [0.1, 0.15) is 0 Å². The topological polar surface area (TPSA) is 9.23 Å². The van der Waals surface area contributed by atoms with Crippen molar-refractivity contribution in [3.05, 3.63) is 35.9 Å². The number of hydrogen-bond acceptors (Lipinski definition) is 1. The first-order valence-electron chi connectivity index (χ1n) is 5.46. The fourth-order valence-corrected chi connectivity index (χ4v) is 2.40. The summed E-state index contributed by atoms with van der Waals surface area (Å²) >= 11 is 0. The fourth-order valence-electron chi connectivity index (χ4n) is 2.40. The van der Waals surface area contributed by atoms with Crippen LogP contribution in [0.4, 0.5) is 0 Å². The van der Waals surface area contributed by atoms with Gasteiger partial charge < -0.3 is 4.74 Å². The molecule has 0 bridgehead atoms. The lowest BCUT2D eigenvalue weighted by Crippen LogP contribution is -2.28. The Balaban J connectivity index is 2.11. The van der Waals surface area contributed by atoms with E-state index in [0.29, 0.717) is 18.1 Å². The normalized spacial score (nSPS) is 32.9. The summed E-state index contributed by atoms with van der Waals surface area (Å²) in [5.74, 6) is 0.690. The van der Waals surface area contributed by atoms with Crippen LogP contribution in [0.2, 0.25) is 0 Å². The zero-order valence-electron chi connectivity index (χ0n) is 8.94. The Labute approximate surface area is 86.1 Å². The number of benzene rings is 1. The van der Waals surface area contributed by atoms with Crippen molar-refractivity contribution in [1.82, 2.24) is 0 Å². The smallest absolute Gasteiger partial charge is 0.0556 e. The Morgan fingerprint density at radius 3 is 2.14 bits per heavy atom. The fraction of sp³-hybridized carbons (Fsp3) is 0.538. The molecule has 0 spiro atoms. The van der Waals surface area contributed by atoms with E-state index in [-0.39, 0.29) is 0 Å². The highest BCUT2D eigenvalue weighted by Crippen LogP contribution is 2.32. The third kappa shape index (κ3) is 2.16. The molecule has 14 heavy (non-hydrogen) atoms. The number of ether oxygens (including phenoxy) is 1. The summed E-state index contributed by atoms with van der Waals surface area (Å²) in [4.78, 5) is 0. The van der Waals surface area contributed by atoms with E-state index in [1.54, 1.807) is 0 Å². The molecule has 0 aliphatic carbocycles. The van der Waals surface area contributed by atoms with Crippen molar-refractivity contribution in [3.8, 4) is 0 Å². The molecular formula is C13H18O. The standard InChI is InChI=1S/C13H18O/c1-10-8-13(9-11(2)14-10)12-6-4-3-5-7-12/h3-7,10-11,13H,8-9H2,1-2H3/t10-,11+,13?. The van der Waals surface area contributed by atoms with Gasteiger partial charge >= 0.3 is 0 Å². The van der Waals surface area contributed by atoms with Gasteiger partial charge in [0.25, 0.3) is 0 Å². The molecule has 1 heteroatoms. The monoisotopic (exact) mass is 190 g/mol. The Hall–Kier alpha value is -0.820.